The number of ether oxygens (including phenoxy) is 1. The molecule has 0 aromatic heterocycles. The van der Waals surface area contributed by atoms with Crippen molar-refractivity contribution in [1.29, 1.82) is 0 Å². The average Bonchev–Trinajstić information content (AvgIpc) is 2.27. The van der Waals surface area contributed by atoms with Crippen LogP contribution in [0.2, 0.25) is 0 Å². The molecule has 0 bridgehead atoms. The zero-order chi connectivity index (χ0) is 11.3. The molecule has 0 amide bonds. The molecule has 1 aromatic rings. The van der Waals surface area contributed by atoms with Crippen LogP contribution in [0.5, 0.6) is 5.75 Å². The van der Waals surface area contributed by atoms with Crippen molar-refractivity contribution in [3.8, 4) is 5.75 Å². The number of halogens is 1. The lowest BCUT2D eigenvalue weighted by atomic mass is 9.92. The van der Waals surface area contributed by atoms with Crippen molar-refractivity contribution in [2.45, 2.75) is 13.8 Å². The number of hydrogen-bond acceptors (Lipinski definition) is 1. The second kappa shape index (κ2) is 5.04. The summed E-state index contributed by atoms with van der Waals surface area (Å²) in [7, 11) is 0. The molecule has 0 saturated carbocycles. The maximum absolute atomic E-state index is 5.75. The third kappa shape index (κ3) is 3.14. The van der Waals surface area contributed by atoms with Crippen LogP contribution in [-0.4, -0.2) is 0 Å². The molecule has 0 aliphatic carbocycles. The van der Waals surface area contributed by atoms with Gasteiger partial charge >= 0.3 is 0 Å². The van der Waals surface area contributed by atoms with Crippen molar-refractivity contribution >= 4 is 11.6 Å². The standard InChI is InChI=1S/C13H15ClO/c1-4-13(2,3)12(10-14)15-11-8-6-5-7-9-11/h4-10H,1H2,2-3H3. The van der Waals surface area contributed by atoms with Gasteiger partial charge in [0.1, 0.15) is 11.5 Å². The van der Waals surface area contributed by atoms with E-state index >= 15 is 0 Å². The maximum Gasteiger partial charge on any atom is 0.127 e. The van der Waals surface area contributed by atoms with Gasteiger partial charge in [0.25, 0.3) is 0 Å². The highest BCUT2D eigenvalue weighted by molar-refractivity contribution is 6.25. The lowest BCUT2D eigenvalue weighted by molar-refractivity contribution is 0.321. The molecule has 0 atom stereocenters. The molecule has 0 N–H and O–H groups in total. The lowest BCUT2D eigenvalue weighted by Gasteiger charge is -2.23. The van der Waals surface area contributed by atoms with Crippen molar-refractivity contribution in [2.24, 2.45) is 5.41 Å². The van der Waals surface area contributed by atoms with Gasteiger partial charge in [0.2, 0.25) is 0 Å². The fourth-order valence-electron chi connectivity index (χ4n) is 1.01. The Labute approximate surface area is 96.0 Å². The summed E-state index contributed by atoms with van der Waals surface area (Å²) < 4.78 is 5.68. The van der Waals surface area contributed by atoms with Crippen molar-refractivity contribution in [3.63, 3.8) is 0 Å². The Morgan fingerprint density at radius 1 is 1.33 bits per heavy atom. The first kappa shape index (κ1) is 11.9. The largest absolute Gasteiger partial charge is 0.460 e. The summed E-state index contributed by atoms with van der Waals surface area (Å²) in [6.45, 7) is 7.76. The molecule has 1 rings (SSSR count). The van der Waals surface area contributed by atoms with E-state index in [0.717, 1.165) is 5.75 Å². The highest BCUT2D eigenvalue weighted by atomic mass is 35.5. The fraction of sp³-hybridized carbons (Fsp3) is 0.231. The van der Waals surface area contributed by atoms with Crippen LogP contribution in [0.3, 0.4) is 0 Å². The van der Waals surface area contributed by atoms with Gasteiger partial charge in [0.15, 0.2) is 0 Å². The van der Waals surface area contributed by atoms with E-state index in [0.29, 0.717) is 5.76 Å². The Morgan fingerprint density at radius 3 is 2.40 bits per heavy atom. The van der Waals surface area contributed by atoms with Gasteiger partial charge in [-0.2, -0.15) is 0 Å². The lowest BCUT2D eigenvalue weighted by Crippen LogP contribution is -2.15. The maximum atomic E-state index is 5.75. The molecular formula is C13H15ClO. The zero-order valence-corrected chi connectivity index (χ0v) is 9.79. The number of benzene rings is 1. The van der Waals surface area contributed by atoms with Gasteiger partial charge in [-0.3, -0.25) is 0 Å². The Bertz CT molecular complexity index is 352. The molecule has 0 unspecified atom stereocenters. The fourth-order valence-corrected chi connectivity index (χ4v) is 1.34. The van der Waals surface area contributed by atoms with Crippen molar-refractivity contribution in [2.75, 3.05) is 0 Å². The quantitative estimate of drug-likeness (QED) is 0.543. The summed E-state index contributed by atoms with van der Waals surface area (Å²) in [6, 6.07) is 9.55. The van der Waals surface area contributed by atoms with Crippen LogP contribution in [0, 0.1) is 5.41 Å². The minimum absolute atomic E-state index is 0.266. The van der Waals surface area contributed by atoms with Crippen LogP contribution in [0.25, 0.3) is 0 Å². The molecule has 15 heavy (non-hydrogen) atoms. The van der Waals surface area contributed by atoms with E-state index in [1.54, 1.807) is 0 Å². The first-order valence-corrected chi connectivity index (χ1v) is 5.21. The normalized spacial score (nSPS) is 12.3. The average molecular weight is 223 g/mol. The highest BCUT2D eigenvalue weighted by Gasteiger charge is 2.21. The Morgan fingerprint density at radius 2 is 1.93 bits per heavy atom. The van der Waals surface area contributed by atoms with E-state index in [2.05, 4.69) is 6.58 Å². The SMILES string of the molecule is C=CC(C)(C)C(=CCl)Oc1ccccc1. The molecule has 0 aliphatic rings. The van der Waals surface area contributed by atoms with E-state index in [9.17, 15) is 0 Å². The van der Waals surface area contributed by atoms with Gasteiger partial charge in [-0.25, -0.2) is 0 Å². The second-order valence-electron chi connectivity index (χ2n) is 3.81. The van der Waals surface area contributed by atoms with Gasteiger partial charge in [-0.05, 0) is 26.0 Å². The molecule has 0 saturated heterocycles. The number of allylic oxidation sites excluding steroid dienone is 1. The third-order valence-corrected chi connectivity index (χ3v) is 2.41. The van der Waals surface area contributed by atoms with E-state index in [4.69, 9.17) is 16.3 Å². The van der Waals surface area contributed by atoms with Crippen LogP contribution in [0.15, 0.2) is 54.3 Å². The molecule has 1 nitrogen and oxygen atoms in total. The molecule has 0 radical (unpaired) electrons. The predicted molar refractivity (Wildman–Crippen MR) is 65.0 cm³/mol. The van der Waals surface area contributed by atoms with Crippen LogP contribution >= 0.6 is 11.6 Å². The van der Waals surface area contributed by atoms with E-state index in [1.165, 1.54) is 5.54 Å². The Hall–Kier alpha value is -1.21. The van der Waals surface area contributed by atoms with Gasteiger partial charge in [-0.1, -0.05) is 35.9 Å². The minimum Gasteiger partial charge on any atom is -0.460 e. The molecule has 0 spiro atoms. The van der Waals surface area contributed by atoms with Crippen molar-refractivity contribution < 1.29 is 4.74 Å². The first-order chi connectivity index (χ1) is 7.10. The summed E-state index contributed by atoms with van der Waals surface area (Å²) in [5.41, 5.74) is 1.19. The van der Waals surface area contributed by atoms with E-state index in [-0.39, 0.29) is 5.41 Å². The highest BCUT2D eigenvalue weighted by Crippen LogP contribution is 2.30. The number of rotatable bonds is 4. The summed E-state index contributed by atoms with van der Waals surface area (Å²) >= 11 is 5.75. The second-order valence-corrected chi connectivity index (χ2v) is 4.03. The molecule has 1 aromatic carbocycles. The number of para-hydroxylation sites is 1. The summed E-state index contributed by atoms with van der Waals surface area (Å²) in [6.07, 6.45) is 1.81. The van der Waals surface area contributed by atoms with Crippen LogP contribution in [0.1, 0.15) is 13.8 Å². The molecule has 0 aliphatic heterocycles. The van der Waals surface area contributed by atoms with Gasteiger partial charge < -0.3 is 4.74 Å². The first-order valence-electron chi connectivity index (χ1n) is 4.77. The summed E-state index contributed by atoms with van der Waals surface area (Å²) in [5.74, 6) is 1.46. The van der Waals surface area contributed by atoms with Crippen molar-refractivity contribution in [1.82, 2.24) is 0 Å². The van der Waals surface area contributed by atoms with Gasteiger partial charge in [0.05, 0.1) is 0 Å². The molecular weight excluding hydrogens is 208 g/mol. The van der Waals surface area contributed by atoms with Gasteiger partial charge in [-0.15, -0.1) is 6.58 Å². The van der Waals surface area contributed by atoms with E-state index in [1.807, 2.05) is 50.3 Å². The van der Waals surface area contributed by atoms with Crippen LogP contribution in [0.4, 0.5) is 0 Å². The van der Waals surface area contributed by atoms with Crippen molar-refractivity contribution in [3.05, 3.63) is 54.3 Å². The number of hydrogen-bond donors (Lipinski definition) is 0. The molecule has 0 heterocycles. The van der Waals surface area contributed by atoms with Crippen LogP contribution in [-0.2, 0) is 0 Å². The molecule has 2 heteroatoms. The molecule has 0 fully saturated rings. The Kier molecular flexibility index (Phi) is 3.98. The van der Waals surface area contributed by atoms with Crippen LogP contribution < -0.4 is 4.74 Å². The predicted octanol–water partition coefficient (Wildman–Crippen LogP) is 4.36. The summed E-state index contributed by atoms with van der Waals surface area (Å²) in [5, 5.41) is 0. The smallest absolute Gasteiger partial charge is 0.127 e. The van der Waals surface area contributed by atoms with E-state index < -0.39 is 0 Å². The zero-order valence-electron chi connectivity index (χ0n) is 9.03. The third-order valence-electron chi connectivity index (χ3n) is 2.22. The monoisotopic (exact) mass is 222 g/mol. The molecule has 80 valence electrons. The van der Waals surface area contributed by atoms with Gasteiger partial charge in [0, 0.05) is 11.0 Å². The minimum atomic E-state index is -0.266. The summed E-state index contributed by atoms with van der Waals surface area (Å²) in [4.78, 5) is 0. The topological polar surface area (TPSA) is 9.23 Å². The Balaban J connectivity index is 2.85.